The molecular weight excluding hydrogens is 259 g/mol. The van der Waals surface area contributed by atoms with Crippen LogP contribution in [0.1, 0.15) is 5.56 Å². The molecule has 0 amide bonds. The third-order valence-corrected chi connectivity index (χ3v) is 3.50. The molecule has 0 aliphatic carbocycles. The maximum Gasteiger partial charge on any atom is 1.00 e. The topological polar surface area (TPSA) is 57.2 Å². The predicted molar refractivity (Wildman–Crippen MR) is 65.8 cm³/mol. The summed E-state index contributed by atoms with van der Waals surface area (Å²) < 4.78 is 33.4. The minimum absolute atomic E-state index is 0. The van der Waals surface area contributed by atoms with E-state index in [1.807, 2.05) is 12.1 Å². The largest absolute Gasteiger partial charge is 1.00 e. The van der Waals surface area contributed by atoms with Crippen molar-refractivity contribution < 1.29 is 42.5 Å². The van der Waals surface area contributed by atoms with E-state index in [0.29, 0.717) is 11.8 Å². The van der Waals surface area contributed by atoms with Crippen molar-refractivity contribution in [1.82, 2.24) is 0 Å². The molecule has 0 radical (unpaired) electrons. The summed E-state index contributed by atoms with van der Waals surface area (Å²) in [7, 11) is -4.44. The molecule has 3 nitrogen and oxygen atoms in total. The summed E-state index contributed by atoms with van der Waals surface area (Å²) in [5, 5.41) is 1.26. The van der Waals surface area contributed by atoms with Gasteiger partial charge in [0.2, 0.25) is 0 Å². The third-order valence-electron chi connectivity index (χ3n) is 2.61. The maximum atomic E-state index is 11.1. The summed E-state index contributed by atoms with van der Waals surface area (Å²) in [4.78, 5) is -0.166. The van der Waals surface area contributed by atoms with Gasteiger partial charge in [-0.3, -0.25) is 0 Å². The second-order valence-electron chi connectivity index (χ2n) is 3.72. The Bertz CT molecular complexity index is 678. The van der Waals surface area contributed by atoms with Gasteiger partial charge in [-0.1, -0.05) is 36.4 Å². The van der Waals surface area contributed by atoms with Gasteiger partial charge in [-0.25, -0.2) is 8.42 Å². The molecule has 0 fully saturated rings. The molecule has 0 bridgehead atoms. The summed E-state index contributed by atoms with van der Waals surface area (Å²) in [5.74, 6) is 0. The Hall–Kier alpha value is -0.650. The van der Waals surface area contributed by atoms with E-state index in [1.54, 1.807) is 24.3 Å². The molecule has 0 atom stereocenters. The van der Waals surface area contributed by atoms with Crippen LogP contribution in [0.15, 0.2) is 53.9 Å². The van der Waals surface area contributed by atoms with Crippen LogP contribution in [0.2, 0.25) is 0 Å². The van der Waals surface area contributed by atoms with Gasteiger partial charge in [-0.15, -0.1) is 6.58 Å². The summed E-state index contributed by atoms with van der Waals surface area (Å²) in [5.41, 5.74) is 0.961. The SMILES string of the molecule is C=CCc1ccc(S(=O)(=O)[O-])c2ccccc12.[Na+]. The van der Waals surface area contributed by atoms with Crippen LogP contribution in [0.4, 0.5) is 0 Å². The Kier molecular flexibility index (Phi) is 5.13. The molecular formula is C13H11NaO3S. The first-order valence-electron chi connectivity index (χ1n) is 5.11. The fourth-order valence-corrected chi connectivity index (χ4v) is 2.57. The van der Waals surface area contributed by atoms with Crippen LogP contribution < -0.4 is 29.6 Å². The molecule has 0 spiro atoms. The zero-order valence-electron chi connectivity index (χ0n) is 10.1. The van der Waals surface area contributed by atoms with E-state index in [4.69, 9.17) is 0 Å². The van der Waals surface area contributed by atoms with Gasteiger partial charge in [-0.2, -0.15) is 0 Å². The maximum absolute atomic E-state index is 11.1. The molecule has 0 aromatic heterocycles. The standard InChI is InChI=1S/C13H12O3S.Na/c1-2-5-10-8-9-13(17(14,15)16)12-7-4-3-6-11(10)12;/h2-4,6-9H,1,5H2,(H,14,15,16);/q;+1/p-1. The van der Waals surface area contributed by atoms with Crippen LogP contribution in [-0.2, 0) is 16.5 Å². The zero-order chi connectivity index (χ0) is 12.5. The Morgan fingerprint density at radius 3 is 2.28 bits per heavy atom. The van der Waals surface area contributed by atoms with Crippen LogP contribution in [0.3, 0.4) is 0 Å². The first kappa shape index (κ1) is 15.4. The van der Waals surface area contributed by atoms with E-state index in [1.165, 1.54) is 6.07 Å². The summed E-state index contributed by atoms with van der Waals surface area (Å²) >= 11 is 0. The van der Waals surface area contributed by atoms with Gasteiger partial charge in [0.15, 0.2) is 0 Å². The molecule has 2 rings (SSSR count). The average molecular weight is 270 g/mol. The number of benzene rings is 2. The second-order valence-corrected chi connectivity index (χ2v) is 5.06. The van der Waals surface area contributed by atoms with Crippen LogP contribution in [-0.4, -0.2) is 13.0 Å². The number of allylic oxidation sites excluding steroid dienone is 1. The Morgan fingerprint density at radius 1 is 1.11 bits per heavy atom. The van der Waals surface area contributed by atoms with Crippen molar-refractivity contribution in [3.8, 4) is 0 Å². The Balaban J connectivity index is 0.00000162. The van der Waals surface area contributed by atoms with Gasteiger partial charge >= 0.3 is 29.6 Å². The molecule has 18 heavy (non-hydrogen) atoms. The fourth-order valence-electron chi connectivity index (χ4n) is 1.89. The van der Waals surface area contributed by atoms with Gasteiger partial charge in [0.25, 0.3) is 0 Å². The van der Waals surface area contributed by atoms with Gasteiger partial charge in [0.1, 0.15) is 10.1 Å². The van der Waals surface area contributed by atoms with Crippen LogP contribution >= 0.6 is 0 Å². The smallest absolute Gasteiger partial charge is 0.744 e. The van der Waals surface area contributed by atoms with E-state index in [0.717, 1.165) is 10.9 Å². The van der Waals surface area contributed by atoms with E-state index < -0.39 is 10.1 Å². The molecule has 2 aromatic rings. The molecule has 0 unspecified atom stereocenters. The van der Waals surface area contributed by atoms with Crippen molar-refractivity contribution in [2.24, 2.45) is 0 Å². The van der Waals surface area contributed by atoms with Crippen LogP contribution in [0.5, 0.6) is 0 Å². The van der Waals surface area contributed by atoms with Crippen molar-refractivity contribution in [1.29, 1.82) is 0 Å². The number of hydrogen-bond acceptors (Lipinski definition) is 3. The molecule has 2 aromatic carbocycles. The molecule has 88 valence electrons. The summed E-state index contributed by atoms with van der Waals surface area (Å²) in [6.07, 6.45) is 2.38. The second kappa shape index (κ2) is 5.99. The van der Waals surface area contributed by atoms with Gasteiger partial charge in [-0.05, 0) is 28.8 Å². The molecule has 0 N–H and O–H groups in total. The third kappa shape index (κ3) is 3.02. The first-order valence-corrected chi connectivity index (χ1v) is 6.52. The predicted octanol–water partition coefficient (Wildman–Crippen LogP) is -0.524. The number of rotatable bonds is 3. The molecule has 0 saturated carbocycles. The minimum Gasteiger partial charge on any atom is -0.744 e. The first-order chi connectivity index (χ1) is 8.04. The van der Waals surface area contributed by atoms with E-state index in [2.05, 4.69) is 6.58 Å². The zero-order valence-corrected chi connectivity index (χ0v) is 12.9. The van der Waals surface area contributed by atoms with Crippen LogP contribution in [0.25, 0.3) is 10.8 Å². The fraction of sp³-hybridized carbons (Fsp3) is 0.0769. The van der Waals surface area contributed by atoms with Gasteiger partial charge in [0, 0.05) is 0 Å². The number of hydrogen-bond donors (Lipinski definition) is 0. The van der Waals surface area contributed by atoms with Crippen molar-refractivity contribution in [2.45, 2.75) is 11.3 Å². The Morgan fingerprint density at radius 2 is 1.72 bits per heavy atom. The van der Waals surface area contributed by atoms with E-state index in [-0.39, 0.29) is 34.5 Å². The molecule has 0 heterocycles. The monoisotopic (exact) mass is 270 g/mol. The molecule has 0 saturated heterocycles. The number of fused-ring (bicyclic) bond motifs is 1. The Labute approximate surface area is 129 Å². The summed E-state index contributed by atoms with van der Waals surface area (Å²) in [6.45, 7) is 3.65. The van der Waals surface area contributed by atoms with Crippen molar-refractivity contribution in [3.63, 3.8) is 0 Å². The average Bonchev–Trinajstić information content (AvgIpc) is 2.28. The quantitative estimate of drug-likeness (QED) is 0.428. The van der Waals surface area contributed by atoms with Gasteiger partial charge < -0.3 is 4.55 Å². The van der Waals surface area contributed by atoms with E-state index >= 15 is 0 Å². The van der Waals surface area contributed by atoms with E-state index in [9.17, 15) is 13.0 Å². The minimum atomic E-state index is -4.44. The van der Waals surface area contributed by atoms with Crippen molar-refractivity contribution in [2.75, 3.05) is 0 Å². The normalized spacial score (nSPS) is 10.9. The molecule has 0 aliphatic heterocycles. The van der Waals surface area contributed by atoms with Crippen molar-refractivity contribution >= 4 is 20.9 Å². The molecule has 5 heteroatoms. The van der Waals surface area contributed by atoms with Crippen molar-refractivity contribution in [3.05, 3.63) is 54.6 Å². The van der Waals surface area contributed by atoms with Gasteiger partial charge in [0.05, 0.1) is 4.90 Å². The van der Waals surface area contributed by atoms with Crippen LogP contribution in [0, 0.1) is 0 Å². The summed E-state index contributed by atoms with van der Waals surface area (Å²) in [6, 6.07) is 10.0. The molecule has 0 aliphatic rings.